The van der Waals surface area contributed by atoms with Crippen molar-refractivity contribution in [3.05, 3.63) is 139 Å². The Morgan fingerprint density at radius 2 is 1.00 bits per heavy atom. The van der Waals surface area contributed by atoms with Gasteiger partial charge in [0, 0.05) is 36.1 Å². The molecule has 0 fully saturated rings. The van der Waals surface area contributed by atoms with Crippen molar-refractivity contribution < 1.29 is 0 Å². The highest BCUT2D eigenvalue weighted by atomic mass is 32.2. The largest absolute Gasteiger partial charge is 0.248 e. The second kappa shape index (κ2) is 9.51. The summed E-state index contributed by atoms with van der Waals surface area (Å²) < 4.78 is 0. The van der Waals surface area contributed by atoms with Crippen molar-refractivity contribution in [1.82, 2.24) is 4.98 Å². The van der Waals surface area contributed by atoms with Gasteiger partial charge in [0.15, 0.2) is 0 Å². The van der Waals surface area contributed by atoms with Crippen LogP contribution in [0.25, 0.3) is 44.8 Å². The van der Waals surface area contributed by atoms with Gasteiger partial charge in [-0.1, -0.05) is 122 Å². The second-order valence-electron chi connectivity index (χ2n) is 11.2. The zero-order chi connectivity index (χ0) is 27.6. The highest BCUT2D eigenvalue weighted by Gasteiger charge is 2.37. The summed E-state index contributed by atoms with van der Waals surface area (Å²) in [7, 11) is 0. The third-order valence-electron chi connectivity index (χ3n) is 8.33. The lowest BCUT2D eigenvalue weighted by molar-refractivity contribution is 0.657. The number of hydrogen-bond donors (Lipinski definition) is 0. The predicted octanol–water partition coefficient (Wildman–Crippen LogP) is 11.0. The maximum absolute atomic E-state index is 5.21. The average molecular weight is 562 g/mol. The summed E-state index contributed by atoms with van der Waals surface area (Å²) in [6.07, 6.45) is 0. The number of hydrogen-bond acceptors (Lipinski definition) is 3. The van der Waals surface area contributed by atoms with Gasteiger partial charge in [0.05, 0.1) is 11.4 Å². The molecule has 41 heavy (non-hydrogen) atoms. The first-order chi connectivity index (χ1) is 20.0. The molecule has 0 saturated heterocycles. The molecule has 1 aliphatic heterocycles. The highest BCUT2D eigenvalue weighted by molar-refractivity contribution is 8.05. The van der Waals surface area contributed by atoms with Crippen LogP contribution in [-0.2, 0) is 5.41 Å². The maximum atomic E-state index is 5.21. The monoisotopic (exact) mass is 561 g/mol. The Labute approximate surface area is 249 Å². The van der Waals surface area contributed by atoms with Crippen LogP contribution in [0.5, 0.6) is 0 Å². The van der Waals surface area contributed by atoms with Gasteiger partial charge in [-0.2, -0.15) is 0 Å². The molecule has 1 aliphatic carbocycles. The van der Waals surface area contributed by atoms with Crippen molar-refractivity contribution in [3.8, 4) is 44.8 Å². The smallest absolute Gasteiger partial charge is 0.0715 e. The van der Waals surface area contributed by atoms with Gasteiger partial charge in [0.1, 0.15) is 0 Å². The number of pyridine rings is 1. The first kappa shape index (κ1) is 24.7. The Kier molecular flexibility index (Phi) is 5.73. The number of rotatable bonds is 3. The lowest BCUT2D eigenvalue weighted by Crippen LogP contribution is -2.15. The van der Waals surface area contributed by atoms with E-state index in [-0.39, 0.29) is 5.41 Å². The zero-order valence-corrected chi connectivity index (χ0v) is 24.5. The Morgan fingerprint density at radius 3 is 1.68 bits per heavy atom. The highest BCUT2D eigenvalue weighted by Crippen LogP contribution is 2.56. The van der Waals surface area contributed by atoms with E-state index < -0.39 is 0 Å². The van der Waals surface area contributed by atoms with E-state index in [1.165, 1.54) is 53.0 Å². The Balaban J connectivity index is 1.28. The van der Waals surface area contributed by atoms with Gasteiger partial charge in [0.2, 0.25) is 0 Å². The molecule has 6 aromatic rings. The summed E-state index contributed by atoms with van der Waals surface area (Å²) in [5, 5.41) is 0. The molecular weight excluding hydrogens is 535 g/mol. The van der Waals surface area contributed by atoms with E-state index in [1.54, 1.807) is 0 Å². The summed E-state index contributed by atoms with van der Waals surface area (Å²) in [6, 6.07) is 46.1. The third-order valence-corrected chi connectivity index (χ3v) is 10.9. The Bertz CT molecular complexity index is 1900. The molecule has 5 aromatic carbocycles. The molecule has 0 radical (unpaired) electrons. The average Bonchev–Trinajstić information content (AvgIpc) is 3.24. The fourth-order valence-electron chi connectivity index (χ4n) is 6.16. The maximum Gasteiger partial charge on any atom is 0.0715 e. The summed E-state index contributed by atoms with van der Waals surface area (Å²) in [5.41, 5.74) is 12.0. The van der Waals surface area contributed by atoms with E-state index in [1.807, 2.05) is 23.5 Å². The molecule has 0 spiro atoms. The topological polar surface area (TPSA) is 12.9 Å². The summed E-state index contributed by atoms with van der Waals surface area (Å²) in [6.45, 7) is 4.72. The fraction of sp³-hybridized carbons (Fsp3) is 0.0789. The van der Waals surface area contributed by atoms with E-state index in [2.05, 4.69) is 141 Å². The summed E-state index contributed by atoms with van der Waals surface area (Å²) in [5.74, 6) is 0. The van der Waals surface area contributed by atoms with Gasteiger partial charge in [0.25, 0.3) is 0 Å². The molecular formula is C38H27NS2. The molecule has 0 atom stereocenters. The van der Waals surface area contributed by atoms with Crippen LogP contribution in [0, 0.1) is 0 Å². The molecule has 0 unspecified atom stereocenters. The van der Waals surface area contributed by atoms with Gasteiger partial charge in [-0.15, -0.1) is 0 Å². The molecule has 3 heteroatoms. The molecule has 2 heterocycles. The number of fused-ring (bicyclic) bond motifs is 5. The molecule has 0 bridgehead atoms. The van der Waals surface area contributed by atoms with Gasteiger partial charge in [-0.3, -0.25) is 0 Å². The van der Waals surface area contributed by atoms with E-state index in [0.29, 0.717) is 0 Å². The van der Waals surface area contributed by atoms with E-state index in [9.17, 15) is 0 Å². The lowest BCUT2D eigenvalue weighted by atomic mass is 9.82. The van der Waals surface area contributed by atoms with Crippen LogP contribution in [0.15, 0.2) is 147 Å². The van der Waals surface area contributed by atoms with Gasteiger partial charge in [-0.05, 0) is 75.8 Å². The minimum absolute atomic E-state index is 0.0606. The van der Waals surface area contributed by atoms with Gasteiger partial charge >= 0.3 is 0 Å². The van der Waals surface area contributed by atoms with Crippen LogP contribution >= 0.6 is 23.5 Å². The normalized spacial score (nSPS) is 14.1. The van der Waals surface area contributed by atoms with Gasteiger partial charge in [-0.25, -0.2) is 4.98 Å². The molecule has 1 aromatic heterocycles. The molecule has 196 valence electrons. The zero-order valence-electron chi connectivity index (χ0n) is 22.9. The standard InChI is InChI=1S/C38H27NS2/c1-38(2)30-18-17-26(19-28(30)29-22-36-37(23-31(29)38)41-35-16-10-9-15-34(35)40-36)33-21-27(24-11-5-3-6-12-24)20-32(39-33)25-13-7-4-8-14-25/h3-23H,1-2H3. The first-order valence-corrected chi connectivity index (χ1v) is 15.6. The van der Waals surface area contributed by atoms with E-state index >= 15 is 0 Å². The molecule has 1 nitrogen and oxygen atoms in total. The first-order valence-electron chi connectivity index (χ1n) is 14.0. The minimum atomic E-state index is -0.0606. The van der Waals surface area contributed by atoms with Crippen LogP contribution < -0.4 is 0 Å². The third kappa shape index (κ3) is 4.15. The quantitative estimate of drug-likeness (QED) is 0.213. The number of nitrogens with zero attached hydrogens (tertiary/aromatic N) is 1. The van der Waals surface area contributed by atoms with Crippen LogP contribution in [0.4, 0.5) is 0 Å². The van der Waals surface area contributed by atoms with Crippen molar-refractivity contribution in [2.24, 2.45) is 0 Å². The van der Waals surface area contributed by atoms with E-state index in [0.717, 1.165) is 22.5 Å². The van der Waals surface area contributed by atoms with E-state index in [4.69, 9.17) is 4.98 Å². The van der Waals surface area contributed by atoms with Crippen molar-refractivity contribution in [2.75, 3.05) is 0 Å². The van der Waals surface area contributed by atoms with Crippen LogP contribution in [0.3, 0.4) is 0 Å². The molecule has 0 N–H and O–H groups in total. The molecule has 0 saturated carbocycles. The number of aromatic nitrogens is 1. The van der Waals surface area contributed by atoms with Crippen molar-refractivity contribution in [2.45, 2.75) is 38.8 Å². The van der Waals surface area contributed by atoms with Crippen molar-refractivity contribution >= 4 is 23.5 Å². The summed E-state index contributed by atoms with van der Waals surface area (Å²) >= 11 is 3.79. The predicted molar refractivity (Wildman–Crippen MR) is 173 cm³/mol. The van der Waals surface area contributed by atoms with Crippen LogP contribution in [-0.4, -0.2) is 4.98 Å². The fourth-order valence-corrected chi connectivity index (χ4v) is 8.44. The number of benzene rings is 5. The Hall–Kier alpha value is -4.05. The van der Waals surface area contributed by atoms with Crippen LogP contribution in [0.2, 0.25) is 0 Å². The molecule has 8 rings (SSSR count). The summed E-state index contributed by atoms with van der Waals surface area (Å²) in [4.78, 5) is 10.6. The minimum Gasteiger partial charge on any atom is -0.248 e. The molecule has 2 aliphatic rings. The second-order valence-corrected chi connectivity index (χ2v) is 13.4. The lowest BCUT2D eigenvalue weighted by Gasteiger charge is -2.24. The molecule has 0 amide bonds. The van der Waals surface area contributed by atoms with Crippen molar-refractivity contribution in [3.63, 3.8) is 0 Å². The SMILES string of the molecule is CC1(C)c2ccc(-c3cc(-c4ccccc4)cc(-c4ccccc4)n3)cc2-c2cc3c(cc21)Sc1ccccc1S3. The van der Waals surface area contributed by atoms with Crippen LogP contribution in [0.1, 0.15) is 25.0 Å². The Morgan fingerprint density at radius 1 is 0.439 bits per heavy atom. The van der Waals surface area contributed by atoms with Gasteiger partial charge < -0.3 is 0 Å². The van der Waals surface area contributed by atoms with Crippen molar-refractivity contribution in [1.29, 1.82) is 0 Å².